The zero-order chi connectivity index (χ0) is 12.8. The summed E-state index contributed by atoms with van der Waals surface area (Å²) in [7, 11) is 0. The molecule has 0 amide bonds. The Balaban J connectivity index is 0.00000180. The number of hydrogen-bond donors (Lipinski definition) is 0. The fourth-order valence-corrected chi connectivity index (χ4v) is 2.14. The Morgan fingerprint density at radius 3 is 2.89 bits per heavy atom. The topological polar surface area (TPSA) is 21.7 Å². The first-order valence-corrected chi connectivity index (χ1v) is 6.81. The standard InChI is InChI=1S/C14H19ClN3.ClH/c1-2-3-4-8-18-12-17(11-16-18)10-13-6-5-7-14(15)9-13;/h5-7,9,11-12H,2-4,8,10H2,1H3;1H/q+1;/p-1. The lowest BCUT2D eigenvalue weighted by atomic mass is 10.2. The summed E-state index contributed by atoms with van der Waals surface area (Å²) in [5, 5.41) is 5.13. The van der Waals surface area contributed by atoms with E-state index in [1.165, 1.54) is 24.8 Å². The number of hydrogen-bond acceptors (Lipinski definition) is 1. The summed E-state index contributed by atoms with van der Waals surface area (Å²) in [6.45, 7) is 4.02. The molecule has 1 aromatic heterocycles. The van der Waals surface area contributed by atoms with Crippen molar-refractivity contribution in [3.63, 3.8) is 0 Å². The van der Waals surface area contributed by atoms with Crippen LogP contribution in [0.5, 0.6) is 0 Å². The SMILES string of the molecule is CCCCCn1c[n+](Cc2cccc(Cl)c2)cn1.[Cl-]. The molecule has 0 fully saturated rings. The number of rotatable bonds is 6. The molecule has 3 nitrogen and oxygen atoms in total. The van der Waals surface area contributed by atoms with Crippen molar-refractivity contribution in [3.05, 3.63) is 47.5 Å². The Morgan fingerprint density at radius 2 is 2.16 bits per heavy atom. The highest BCUT2D eigenvalue weighted by atomic mass is 35.5. The molecule has 0 aliphatic rings. The molecule has 0 radical (unpaired) electrons. The smallest absolute Gasteiger partial charge is 0.265 e. The normalized spacial score (nSPS) is 10.2. The van der Waals surface area contributed by atoms with Gasteiger partial charge in [0.1, 0.15) is 6.54 Å². The Labute approximate surface area is 125 Å². The van der Waals surface area contributed by atoms with E-state index in [-0.39, 0.29) is 12.4 Å². The first kappa shape index (κ1) is 16.0. The third-order valence-electron chi connectivity index (χ3n) is 2.87. The van der Waals surface area contributed by atoms with Gasteiger partial charge in [-0.2, -0.15) is 0 Å². The van der Waals surface area contributed by atoms with Gasteiger partial charge in [0.05, 0.1) is 6.54 Å². The minimum Gasteiger partial charge on any atom is -1.00 e. The molecule has 5 heteroatoms. The van der Waals surface area contributed by atoms with E-state index in [2.05, 4.69) is 29.0 Å². The van der Waals surface area contributed by atoms with Crippen molar-refractivity contribution in [1.82, 2.24) is 9.78 Å². The zero-order valence-corrected chi connectivity index (χ0v) is 12.6. The van der Waals surface area contributed by atoms with E-state index in [0.29, 0.717) is 0 Å². The number of aromatic nitrogens is 3. The monoisotopic (exact) mass is 299 g/mol. The van der Waals surface area contributed by atoms with Crippen molar-refractivity contribution in [2.45, 2.75) is 39.3 Å². The summed E-state index contributed by atoms with van der Waals surface area (Å²) in [6, 6.07) is 7.93. The van der Waals surface area contributed by atoms with E-state index in [9.17, 15) is 0 Å². The lowest BCUT2D eigenvalue weighted by Gasteiger charge is -1.98. The number of benzene rings is 1. The Kier molecular flexibility index (Phi) is 6.89. The van der Waals surface area contributed by atoms with Crippen molar-refractivity contribution in [3.8, 4) is 0 Å². The van der Waals surface area contributed by atoms with Gasteiger partial charge in [0.15, 0.2) is 0 Å². The van der Waals surface area contributed by atoms with Crippen molar-refractivity contribution >= 4 is 11.6 Å². The molecule has 104 valence electrons. The van der Waals surface area contributed by atoms with Crippen LogP contribution in [0.1, 0.15) is 31.7 Å². The van der Waals surface area contributed by atoms with E-state index < -0.39 is 0 Å². The summed E-state index contributed by atoms with van der Waals surface area (Å²) in [6.07, 6.45) is 7.61. The molecule has 19 heavy (non-hydrogen) atoms. The summed E-state index contributed by atoms with van der Waals surface area (Å²) in [5.74, 6) is 0. The summed E-state index contributed by atoms with van der Waals surface area (Å²) < 4.78 is 4.08. The third-order valence-corrected chi connectivity index (χ3v) is 3.11. The second kappa shape index (κ2) is 8.18. The maximum atomic E-state index is 5.97. The minimum atomic E-state index is 0. The summed E-state index contributed by atoms with van der Waals surface area (Å²) in [5.41, 5.74) is 1.20. The van der Waals surface area contributed by atoms with Gasteiger partial charge in [-0.3, -0.25) is 0 Å². The van der Waals surface area contributed by atoms with E-state index in [0.717, 1.165) is 18.1 Å². The lowest BCUT2D eigenvalue weighted by molar-refractivity contribution is -0.689. The van der Waals surface area contributed by atoms with Gasteiger partial charge in [0, 0.05) is 10.1 Å². The molecule has 0 spiro atoms. The molecule has 1 heterocycles. The number of nitrogens with zero attached hydrogens (tertiary/aromatic N) is 3. The van der Waals surface area contributed by atoms with Gasteiger partial charge in [0.2, 0.25) is 6.33 Å². The average molecular weight is 300 g/mol. The molecular weight excluding hydrogens is 281 g/mol. The molecule has 0 N–H and O–H groups in total. The van der Waals surface area contributed by atoms with Gasteiger partial charge in [-0.05, 0) is 24.1 Å². The molecule has 1 aromatic carbocycles. The van der Waals surface area contributed by atoms with Gasteiger partial charge in [-0.15, -0.1) is 4.68 Å². The molecule has 0 aliphatic heterocycles. The molecule has 2 aromatic rings. The van der Waals surface area contributed by atoms with Crippen LogP contribution in [0, 0.1) is 0 Å². The van der Waals surface area contributed by atoms with Crippen LogP contribution >= 0.6 is 11.6 Å². The highest BCUT2D eigenvalue weighted by Crippen LogP contribution is 2.10. The van der Waals surface area contributed by atoms with Crippen LogP contribution in [-0.4, -0.2) is 9.78 Å². The van der Waals surface area contributed by atoms with Crippen LogP contribution < -0.4 is 17.0 Å². The van der Waals surface area contributed by atoms with Crippen molar-refractivity contribution in [1.29, 1.82) is 0 Å². The van der Waals surface area contributed by atoms with Crippen LogP contribution in [0.15, 0.2) is 36.9 Å². The third kappa shape index (κ3) is 5.21. The van der Waals surface area contributed by atoms with Crippen molar-refractivity contribution < 1.29 is 17.0 Å². The Hall–Kier alpha value is -1.06. The van der Waals surface area contributed by atoms with E-state index in [1.807, 2.05) is 29.2 Å². The van der Waals surface area contributed by atoms with Crippen LogP contribution in [0.2, 0.25) is 5.02 Å². The fourth-order valence-electron chi connectivity index (χ4n) is 1.93. The van der Waals surface area contributed by atoms with Crippen LogP contribution in [0.3, 0.4) is 0 Å². The molecule has 0 bridgehead atoms. The average Bonchev–Trinajstić information content (AvgIpc) is 2.77. The summed E-state index contributed by atoms with van der Waals surface area (Å²) in [4.78, 5) is 0. The lowest BCUT2D eigenvalue weighted by Crippen LogP contribution is -3.00. The molecule has 0 atom stereocenters. The van der Waals surface area contributed by atoms with Crippen LogP contribution in [0.4, 0.5) is 0 Å². The van der Waals surface area contributed by atoms with Crippen molar-refractivity contribution in [2.24, 2.45) is 0 Å². The van der Waals surface area contributed by atoms with E-state index in [4.69, 9.17) is 11.6 Å². The van der Waals surface area contributed by atoms with Crippen LogP contribution in [0.25, 0.3) is 0 Å². The predicted octanol–water partition coefficient (Wildman–Crippen LogP) is 0.0665. The predicted molar refractivity (Wildman–Crippen MR) is 72.5 cm³/mol. The maximum Gasteiger partial charge on any atom is 0.265 e. The molecule has 0 aliphatic carbocycles. The van der Waals surface area contributed by atoms with Gasteiger partial charge in [0.25, 0.3) is 6.33 Å². The second-order valence-electron chi connectivity index (χ2n) is 4.52. The first-order chi connectivity index (χ1) is 8.78. The molecule has 0 saturated heterocycles. The van der Waals surface area contributed by atoms with Gasteiger partial charge >= 0.3 is 0 Å². The Bertz CT molecular complexity index is 497. The largest absolute Gasteiger partial charge is 1.00 e. The van der Waals surface area contributed by atoms with E-state index >= 15 is 0 Å². The number of halogens is 2. The van der Waals surface area contributed by atoms with Crippen LogP contribution in [-0.2, 0) is 13.1 Å². The fraction of sp³-hybridized carbons (Fsp3) is 0.429. The van der Waals surface area contributed by atoms with Gasteiger partial charge in [-0.1, -0.05) is 43.5 Å². The maximum absolute atomic E-state index is 5.97. The highest BCUT2D eigenvalue weighted by molar-refractivity contribution is 6.30. The molecular formula is C14H19Cl2N3. The second-order valence-corrected chi connectivity index (χ2v) is 4.96. The highest BCUT2D eigenvalue weighted by Gasteiger charge is 2.06. The molecule has 0 unspecified atom stereocenters. The number of aryl methyl sites for hydroxylation is 1. The quantitative estimate of drug-likeness (QED) is 0.546. The molecule has 2 rings (SSSR count). The molecule has 0 saturated carbocycles. The minimum absolute atomic E-state index is 0. The van der Waals surface area contributed by atoms with Crippen molar-refractivity contribution in [2.75, 3.05) is 0 Å². The summed E-state index contributed by atoms with van der Waals surface area (Å²) >= 11 is 5.97. The first-order valence-electron chi connectivity index (χ1n) is 6.44. The number of unbranched alkanes of at least 4 members (excludes halogenated alkanes) is 2. The van der Waals surface area contributed by atoms with Gasteiger partial charge in [-0.25, -0.2) is 4.57 Å². The van der Waals surface area contributed by atoms with Gasteiger partial charge < -0.3 is 12.4 Å². The zero-order valence-electron chi connectivity index (χ0n) is 11.1. The Morgan fingerprint density at radius 1 is 1.32 bits per heavy atom. The van der Waals surface area contributed by atoms with E-state index in [1.54, 1.807) is 0 Å².